The first kappa shape index (κ1) is 13.4. The molecule has 100 valence electrons. The van der Waals surface area contributed by atoms with Crippen LogP contribution < -0.4 is 4.74 Å². The summed E-state index contributed by atoms with van der Waals surface area (Å²) in [5, 5.41) is 8.83. The molecule has 0 aromatic heterocycles. The van der Waals surface area contributed by atoms with Gasteiger partial charge in [-0.1, -0.05) is 12.1 Å². The van der Waals surface area contributed by atoms with Crippen molar-refractivity contribution >= 4 is 0 Å². The van der Waals surface area contributed by atoms with Crippen molar-refractivity contribution in [2.24, 2.45) is 0 Å². The number of nitrogens with zero attached hydrogens (tertiary/aromatic N) is 1. The van der Waals surface area contributed by atoms with Crippen molar-refractivity contribution in [3.8, 4) is 5.75 Å². The molecule has 0 radical (unpaired) electrons. The predicted octanol–water partition coefficient (Wildman–Crippen LogP) is 2.09. The summed E-state index contributed by atoms with van der Waals surface area (Å²) < 4.78 is 5.71. The second-order valence-electron chi connectivity index (χ2n) is 4.87. The number of likely N-dealkylation sites (tertiary alicyclic amines) is 1. The van der Waals surface area contributed by atoms with Gasteiger partial charge in [0.15, 0.2) is 0 Å². The highest BCUT2D eigenvalue weighted by atomic mass is 16.5. The Morgan fingerprint density at radius 2 is 1.83 bits per heavy atom. The number of aliphatic hydroxyl groups is 1. The number of hydrogen-bond acceptors (Lipinski definition) is 3. The molecule has 1 N–H and O–H groups in total. The molecular weight excluding hydrogens is 226 g/mol. The van der Waals surface area contributed by atoms with Crippen LogP contribution in [0, 0.1) is 0 Å². The molecule has 0 spiro atoms. The van der Waals surface area contributed by atoms with E-state index in [0.29, 0.717) is 0 Å². The van der Waals surface area contributed by atoms with Gasteiger partial charge in [-0.2, -0.15) is 0 Å². The molecule has 18 heavy (non-hydrogen) atoms. The normalized spacial score (nSPS) is 16.1. The van der Waals surface area contributed by atoms with E-state index in [4.69, 9.17) is 9.84 Å². The van der Waals surface area contributed by atoms with Crippen LogP contribution in [0.4, 0.5) is 0 Å². The highest BCUT2D eigenvalue weighted by Gasteiger charge is 2.10. The Morgan fingerprint density at radius 1 is 1.11 bits per heavy atom. The van der Waals surface area contributed by atoms with E-state index < -0.39 is 0 Å². The Morgan fingerprint density at radius 3 is 2.50 bits per heavy atom. The van der Waals surface area contributed by atoms with Gasteiger partial charge in [0.1, 0.15) is 5.75 Å². The zero-order valence-corrected chi connectivity index (χ0v) is 11.0. The fourth-order valence-corrected chi connectivity index (χ4v) is 2.37. The fourth-order valence-electron chi connectivity index (χ4n) is 2.37. The molecule has 1 aliphatic heterocycles. The number of hydrogen-bond donors (Lipinski definition) is 1. The topological polar surface area (TPSA) is 32.7 Å². The van der Waals surface area contributed by atoms with Crippen molar-refractivity contribution in [1.82, 2.24) is 4.90 Å². The molecule has 1 heterocycles. The van der Waals surface area contributed by atoms with Crippen LogP contribution >= 0.6 is 0 Å². The molecule has 1 fully saturated rings. The van der Waals surface area contributed by atoms with Crippen molar-refractivity contribution in [3.63, 3.8) is 0 Å². The summed E-state index contributed by atoms with van der Waals surface area (Å²) in [5.74, 6) is 0.929. The Bertz CT molecular complexity index is 331. The highest BCUT2D eigenvalue weighted by Crippen LogP contribution is 2.13. The molecule has 0 atom stereocenters. The van der Waals surface area contributed by atoms with E-state index in [9.17, 15) is 0 Å². The largest absolute Gasteiger partial charge is 0.494 e. The first-order valence-electron chi connectivity index (χ1n) is 6.93. The minimum Gasteiger partial charge on any atom is -0.494 e. The van der Waals surface area contributed by atoms with Gasteiger partial charge in [0.25, 0.3) is 0 Å². The van der Waals surface area contributed by atoms with Crippen LogP contribution in [-0.2, 0) is 6.42 Å². The summed E-state index contributed by atoms with van der Waals surface area (Å²) in [7, 11) is 0. The van der Waals surface area contributed by atoms with Gasteiger partial charge in [-0.3, -0.25) is 0 Å². The molecule has 0 bridgehead atoms. The lowest BCUT2D eigenvalue weighted by Gasteiger charge is -2.14. The van der Waals surface area contributed by atoms with Gasteiger partial charge in [0.05, 0.1) is 6.61 Å². The Hall–Kier alpha value is -1.06. The molecule has 0 unspecified atom stereocenters. The van der Waals surface area contributed by atoms with E-state index in [-0.39, 0.29) is 6.61 Å². The third-order valence-corrected chi connectivity index (χ3v) is 3.41. The summed E-state index contributed by atoms with van der Waals surface area (Å²) in [5.41, 5.74) is 1.15. The number of benzene rings is 1. The third-order valence-electron chi connectivity index (χ3n) is 3.41. The number of rotatable bonds is 7. The second kappa shape index (κ2) is 7.39. The van der Waals surface area contributed by atoms with Crippen molar-refractivity contribution < 1.29 is 9.84 Å². The summed E-state index contributed by atoms with van der Waals surface area (Å²) in [4.78, 5) is 2.51. The summed E-state index contributed by atoms with van der Waals surface area (Å²) in [6.45, 7) is 4.67. The lowest BCUT2D eigenvalue weighted by Crippen LogP contribution is -2.21. The molecule has 3 heteroatoms. The molecule has 1 aliphatic rings. The minimum absolute atomic E-state index is 0.204. The van der Waals surface area contributed by atoms with Crippen LogP contribution in [0.25, 0.3) is 0 Å². The van der Waals surface area contributed by atoms with Crippen molar-refractivity contribution in [2.45, 2.75) is 25.7 Å². The third kappa shape index (κ3) is 4.31. The molecule has 1 aromatic rings. The summed E-state index contributed by atoms with van der Waals surface area (Å²) in [6.07, 6.45) is 4.52. The van der Waals surface area contributed by atoms with Gasteiger partial charge in [-0.25, -0.2) is 0 Å². The molecule has 0 saturated carbocycles. The lowest BCUT2D eigenvalue weighted by molar-refractivity contribution is 0.263. The van der Waals surface area contributed by atoms with E-state index in [1.165, 1.54) is 25.9 Å². The zero-order chi connectivity index (χ0) is 12.6. The number of aliphatic hydroxyl groups excluding tert-OH is 1. The van der Waals surface area contributed by atoms with Gasteiger partial charge < -0.3 is 14.7 Å². The van der Waals surface area contributed by atoms with E-state index >= 15 is 0 Å². The van der Waals surface area contributed by atoms with E-state index in [1.54, 1.807) is 0 Å². The molecule has 0 aliphatic carbocycles. The Balaban J connectivity index is 1.63. The average molecular weight is 249 g/mol. The molecule has 2 rings (SSSR count). The maximum atomic E-state index is 8.83. The molecule has 1 saturated heterocycles. The molecular formula is C15H23NO2. The Kier molecular flexibility index (Phi) is 5.49. The smallest absolute Gasteiger partial charge is 0.119 e. The highest BCUT2D eigenvalue weighted by molar-refractivity contribution is 5.27. The van der Waals surface area contributed by atoms with Crippen LogP contribution in [0.2, 0.25) is 0 Å². The molecule has 1 aromatic carbocycles. The lowest BCUT2D eigenvalue weighted by atomic mass is 10.1. The quantitative estimate of drug-likeness (QED) is 0.751. The van der Waals surface area contributed by atoms with Gasteiger partial charge in [-0.05, 0) is 56.5 Å². The van der Waals surface area contributed by atoms with E-state index in [0.717, 1.165) is 37.3 Å². The first-order chi connectivity index (χ1) is 8.88. The fraction of sp³-hybridized carbons (Fsp3) is 0.600. The standard InChI is InChI=1S/C15H23NO2/c17-12-8-14-4-6-15(7-5-14)18-13-3-11-16-9-1-2-10-16/h4-7,17H,1-3,8-13H2. The van der Waals surface area contributed by atoms with Gasteiger partial charge >= 0.3 is 0 Å². The van der Waals surface area contributed by atoms with E-state index in [1.807, 2.05) is 24.3 Å². The minimum atomic E-state index is 0.204. The monoisotopic (exact) mass is 249 g/mol. The van der Waals surface area contributed by atoms with Crippen molar-refractivity contribution in [2.75, 3.05) is 32.8 Å². The van der Waals surface area contributed by atoms with Crippen molar-refractivity contribution in [1.29, 1.82) is 0 Å². The average Bonchev–Trinajstić information content (AvgIpc) is 2.90. The van der Waals surface area contributed by atoms with Gasteiger partial charge in [-0.15, -0.1) is 0 Å². The first-order valence-corrected chi connectivity index (χ1v) is 6.93. The predicted molar refractivity (Wildman–Crippen MR) is 73.0 cm³/mol. The van der Waals surface area contributed by atoms with Gasteiger partial charge in [0, 0.05) is 13.2 Å². The maximum absolute atomic E-state index is 8.83. The van der Waals surface area contributed by atoms with E-state index in [2.05, 4.69) is 4.90 Å². The van der Waals surface area contributed by atoms with Crippen LogP contribution in [0.1, 0.15) is 24.8 Å². The van der Waals surface area contributed by atoms with Crippen LogP contribution in [0.5, 0.6) is 5.75 Å². The summed E-state index contributed by atoms with van der Waals surface area (Å²) >= 11 is 0. The maximum Gasteiger partial charge on any atom is 0.119 e. The number of ether oxygens (including phenoxy) is 1. The van der Waals surface area contributed by atoms with Gasteiger partial charge in [0.2, 0.25) is 0 Å². The Labute approximate surface area is 109 Å². The van der Waals surface area contributed by atoms with Crippen molar-refractivity contribution in [3.05, 3.63) is 29.8 Å². The molecule has 0 amide bonds. The van der Waals surface area contributed by atoms with Crippen LogP contribution in [0.15, 0.2) is 24.3 Å². The second-order valence-corrected chi connectivity index (χ2v) is 4.87. The zero-order valence-electron chi connectivity index (χ0n) is 11.0. The van der Waals surface area contributed by atoms with Crippen LogP contribution in [0.3, 0.4) is 0 Å². The SMILES string of the molecule is OCCc1ccc(OCCCN2CCCC2)cc1. The van der Waals surface area contributed by atoms with Crippen LogP contribution in [-0.4, -0.2) is 42.9 Å². The molecule has 3 nitrogen and oxygen atoms in total. The summed E-state index contributed by atoms with van der Waals surface area (Å²) in [6, 6.07) is 8.01.